The molecule has 5 rings (SSSR count). The van der Waals surface area contributed by atoms with Crippen LogP contribution in [0.25, 0.3) is 0 Å². The first-order valence-corrected chi connectivity index (χ1v) is 13.3. The van der Waals surface area contributed by atoms with Gasteiger partial charge in [0.05, 0.1) is 19.4 Å². The van der Waals surface area contributed by atoms with Gasteiger partial charge in [0.25, 0.3) is 0 Å². The van der Waals surface area contributed by atoms with Gasteiger partial charge >= 0.3 is 6.03 Å². The fourth-order valence-electron chi connectivity index (χ4n) is 6.11. The van der Waals surface area contributed by atoms with E-state index >= 15 is 0 Å². The standard InChI is InChI=1S/C30H37N3O3/c1-36-28-11-5-4-10-25(28)31-30(35)32-18-6-7-19-33-26(20-32)29(27(33)21-34)24-16-14-23(15-17-24)13-12-22-8-2-3-9-22/h4-5,10-11,14-17,22,26-27,29,34H,2-3,6-9,18-21H2,1H3,(H,31,35)/t26-,27+,29+/m0/s1. The lowest BCUT2D eigenvalue weighted by atomic mass is 9.74. The minimum Gasteiger partial charge on any atom is -0.495 e. The highest BCUT2D eigenvalue weighted by Crippen LogP contribution is 2.42. The maximum atomic E-state index is 13.3. The summed E-state index contributed by atoms with van der Waals surface area (Å²) in [5.41, 5.74) is 2.95. The van der Waals surface area contributed by atoms with Crippen molar-refractivity contribution in [1.82, 2.24) is 9.80 Å². The number of rotatable bonds is 4. The molecule has 2 heterocycles. The minimum absolute atomic E-state index is 0.0858. The summed E-state index contributed by atoms with van der Waals surface area (Å²) in [6.45, 7) is 2.43. The van der Waals surface area contributed by atoms with E-state index in [4.69, 9.17) is 4.74 Å². The van der Waals surface area contributed by atoms with Crippen LogP contribution in [0.4, 0.5) is 10.5 Å². The number of aliphatic hydroxyl groups is 1. The molecular weight excluding hydrogens is 450 g/mol. The van der Waals surface area contributed by atoms with Crippen LogP contribution in [0.3, 0.4) is 0 Å². The molecule has 2 aromatic carbocycles. The number of benzene rings is 2. The van der Waals surface area contributed by atoms with Crippen molar-refractivity contribution in [2.75, 3.05) is 38.7 Å². The van der Waals surface area contributed by atoms with E-state index in [0.29, 0.717) is 23.9 Å². The van der Waals surface area contributed by atoms with E-state index in [1.807, 2.05) is 29.2 Å². The summed E-state index contributed by atoms with van der Waals surface area (Å²) in [6.07, 6.45) is 7.00. The van der Waals surface area contributed by atoms with Gasteiger partial charge in [0.15, 0.2) is 0 Å². The molecule has 2 saturated heterocycles. The van der Waals surface area contributed by atoms with E-state index in [0.717, 1.165) is 31.5 Å². The van der Waals surface area contributed by atoms with Gasteiger partial charge in [0.2, 0.25) is 0 Å². The quantitative estimate of drug-likeness (QED) is 0.614. The van der Waals surface area contributed by atoms with Crippen molar-refractivity contribution in [3.05, 3.63) is 59.7 Å². The van der Waals surface area contributed by atoms with Crippen LogP contribution in [0.15, 0.2) is 48.5 Å². The van der Waals surface area contributed by atoms with E-state index < -0.39 is 0 Å². The van der Waals surface area contributed by atoms with Crippen molar-refractivity contribution >= 4 is 11.7 Å². The first-order chi connectivity index (χ1) is 17.7. The van der Waals surface area contributed by atoms with Crippen LogP contribution in [-0.2, 0) is 0 Å². The maximum Gasteiger partial charge on any atom is 0.322 e. The van der Waals surface area contributed by atoms with Gasteiger partial charge in [-0.3, -0.25) is 4.90 Å². The lowest BCUT2D eigenvalue weighted by Gasteiger charge is -2.57. The Morgan fingerprint density at radius 1 is 1.06 bits per heavy atom. The number of carbonyl (C=O) groups is 1. The zero-order chi connectivity index (χ0) is 24.9. The fourth-order valence-corrected chi connectivity index (χ4v) is 6.11. The number of hydrogen-bond donors (Lipinski definition) is 2. The van der Waals surface area contributed by atoms with Crippen molar-refractivity contribution in [1.29, 1.82) is 0 Å². The van der Waals surface area contributed by atoms with Crippen molar-refractivity contribution in [3.63, 3.8) is 0 Å². The second-order valence-corrected chi connectivity index (χ2v) is 10.2. The molecule has 0 bridgehead atoms. The molecule has 6 heteroatoms. The molecule has 6 nitrogen and oxygen atoms in total. The number of hydrogen-bond acceptors (Lipinski definition) is 4. The van der Waals surface area contributed by atoms with Crippen molar-refractivity contribution < 1.29 is 14.6 Å². The smallest absolute Gasteiger partial charge is 0.322 e. The van der Waals surface area contributed by atoms with Crippen molar-refractivity contribution in [2.45, 2.75) is 56.5 Å². The monoisotopic (exact) mass is 487 g/mol. The van der Waals surface area contributed by atoms with E-state index in [1.165, 1.54) is 31.2 Å². The number of para-hydroxylation sites is 2. The largest absolute Gasteiger partial charge is 0.495 e. The molecule has 2 amide bonds. The molecule has 3 fully saturated rings. The summed E-state index contributed by atoms with van der Waals surface area (Å²) in [4.78, 5) is 17.6. The molecule has 3 atom stereocenters. The molecule has 3 aliphatic rings. The number of urea groups is 1. The molecule has 2 N–H and O–H groups in total. The number of carbonyl (C=O) groups excluding carboxylic acids is 1. The summed E-state index contributed by atoms with van der Waals surface area (Å²) in [7, 11) is 1.61. The van der Waals surface area contributed by atoms with Gasteiger partial charge < -0.3 is 20.1 Å². The Labute approximate surface area is 214 Å². The molecule has 2 aliphatic heterocycles. The molecule has 0 unspecified atom stereocenters. The third-order valence-corrected chi connectivity index (χ3v) is 8.08. The fraction of sp³-hybridized carbons (Fsp3) is 0.500. The van der Waals surface area contributed by atoms with Crippen LogP contribution in [-0.4, -0.2) is 66.4 Å². The molecule has 1 saturated carbocycles. The minimum atomic E-state index is -0.106. The first-order valence-electron chi connectivity index (χ1n) is 13.3. The number of nitrogens with zero attached hydrogens (tertiary/aromatic N) is 2. The van der Waals surface area contributed by atoms with Gasteiger partial charge in [-0.2, -0.15) is 0 Å². The van der Waals surface area contributed by atoms with E-state index in [1.54, 1.807) is 7.11 Å². The highest BCUT2D eigenvalue weighted by molar-refractivity contribution is 5.91. The van der Waals surface area contributed by atoms with Gasteiger partial charge in [0.1, 0.15) is 5.75 Å². The van der Waals surface area contributed by atoms with E-state index in [-0.39, 0.29) is 30.6 Å². The number of ether oxygens (including phenoxy) is 1. The SMILES string of the molecule is COc1ccccc1NC(=O)N1CCCCN2[C@H](CO)[C@H](c3ccc(C#CC4CCCC4)cc3)[C@@H]2C1. The van der Waals surface area contributed by atoms with Crippen LogP contribution < -0.4 is 10.1 Å². The van der Waals surface area contributed by atoms with Gasteiger partial charge in [-0.05, 0) is 62.1 Å². The third-order valence-electron chi connectivity index (χ3n) is 8.08. The Morgan fingerprint density at radius 3 is 2.56 bits per heavy atom. The molecule has 0 spiro atoms. The van der Waals surface area contributed by atoms with Crippen LogP contribution in [0, 0.1) is 17.8 Å². The summed E-state index contributed by atoms with van der Waals surface area (Å²) in [5.74, 6) is 8.19. The van der Waals surface area contributed by atoms with E-state index in [9.17, 15) is 9.90 Å². The predicted octanol–water partition coefficient (Wildman–Crippen LogP) is 4.69. The van der Waals surface area contributed by atoms with Gasteiger partial charge in [0, 0.05) is 42.6 Å². The first kappa shape index (κ1) is 24.7. The molecular formula is C30H37N3O3. The highest BCUT2D eigenvalue weighted by atomic mass is 16.5. The zero-order valence-corrected chi connectivity index (χ0v) is 21.2. The zero-order valence-electron chi connectivity index (χ0n) is 21.2. The Morgan fingerprint density at radius 2 is 1.81 bits per heavy atom. The van der Waals surface area contributed by atoms with Crippen LogP contribution in [0.5, 0.6) is 5.75 Å². The highest BCUT2D eigenvalue weighted by Gasteiger charge is 2.49. The lowest BCUT2D eigenvalue weighted by molar-refractivity contribution is -0.0585. The third kappa shape index (κ3) is 5.23. The van der Waals surface area contributed by atoms with Gasteiger partial charge in [-0.25, -0.2) is 4.79 Å². The van der Waals surface area contributed by atoms with Crippen LogP contribution in [0.2, 0.25) is 0 Å². The molecule has 2 aromatic rings. The summed E-state index contributed by atoms with van der Waals surface area (Å²) >= 11 is 0. The Hall–Kier alpha value is -3.01. The number of nitrogens with one attached hydrogen (secondary N) is 1. The second kappa shape index (κ2) is 11.4. The number of amides is 2. The second-order valence-electron chi connectivity index (χ2n) is 10.2. The topological polar surface area (TPSA) is 65.0 Å². The summed E-state index contributed by atoms with van der Waals surface area (Å²) in [6, 6.07) is 16.2. The lowest BCUT2D eigenvalue weighted by Crippen LogP contribution is -2.68. The van der Waals surface area contributed by atoms with Crippen molar-refractivity contribution in [2.24, 2.45) is 5.92 Å². The number of methoxy groups -OCH3 is 1. The normalized spacial score (nSPS) is 24.5. The summed E-state index contributed by atoms with van der Waals surface area (Å²) in [5, 5.41) is 13.3. The molecule has 36 heavy (non-hydrogen) atoms. The number of aliphatic hydroxyl groups excluding tert-OH is 1. The Kier molecular flexibility index (Phi) is 7.79. The van der Waals surface area contributed by atoms with Crippen LogP contribution >= 0.6 is 0 Å². The maximum absolute atomic E-state index is 13.3. The Balaban J connectivity index is 1.31. The molecule has 1 aliphatic carbocycles. The number of fused-ring (bicyclic) bond motifs is 1. The van der Waals surface area contributed by atoms with Crippen molar-refractivity contribution in [3.8, 4) is 17.6 Å². The van der Waals surface area contributed by atoms with E-state index in [2.05, 4.69) is 46.3 Å². The summed E-state index contributed by atoms with van der Waals surface area (Å²) < 4.78 is 5.41. The average Bonchev–Trinajstić information content (AvgIpc) is 3.41. The van der Waals surface area contributed by atoms with Gasteiger partial charge in [-0.15, -0.1) is 0 Å². The predicted molar refractivity (Wildman–Crippen MR) is 142 cm³/mol. The Bertz CT molecular complexity index is 1100. The molecule has 0 radical (unpaired) electrons. The van der Waals surface area contributed by atoms with Crippen LogP contribution in [0.1, 0.15) is 55.6 Å². The average molecular weight is 488 g/mol. The van der Waals surface area contributed by atoms with Gasteiger partial charge in [-0.1, -0.05) is 48.9 Å². The molecule has 0 aromatic heterocycles. The molecule has 190 valence electrons. The number of anilines is 1.